The van der Waals surface area contributed by atoms with Crippen LogP contribution in [0.1, 0.15) is 12.0 Å². The molecule has 0 aromatic heterocycles. The number of benzene rings is 1. The Kier molecular flexibility index (Phi) is 9.33. The third-order valence-electron chi connectivity index (χ3n) is 4.64. The first-order valence-corrected chi connectivity index (χ1v) is 10.9. The number of rotatable bonds is 11. The lowest BCUT2D eigenvalue weighted by Crippen LogP contribution is -2.40. The molecular weight excluding hydrogens is 384 g/mol. The zero-order chi connectivity index (χ0) is 20.4. The number of amides is 1. The van der Waals surface area contributed by atoms with Crippen molar-refractivity contribution in [2.75, 3.05) is 66.8 Å². The van der Waals surface area contributed by atoms with E-state index >= 15 is 0 Å². The second-order valence-electron chi connectivity index (χ2n) is 6.53. The molecule has 0 saturated carbocycles. The molecule has 1 heterocycles. The van der Waals surface area contributed by atoms with Gasteiger partial charge in [0.25, 0.3) is 0 Å². The van der Waals surface area contributed by atoms with E-state index in [9.17, 15) is 13.2 Å². The highest BCUT2D eigenvalue weighted by atomic mass is 32.2. The number of hydrogen-bond acceptors (Lipinski definition) is 6. The van der Waals surface area contributed by atoms with Gasteiger partial charge >= 0.3 is 0 Å². The van der Waals surface area contributed by atoms with Crippen molar-refractivity contribution in [3.05, 3.63) is 29.8 Å². The molecule has 1 fully saturated rings. The van der Waals surface area contributed by atoms with Gasteiger partial charge < -0.3 is 19.1 Å². The van der Waals surface area contributed by atoms with Crippen molar-refractivity contribution in [1.82, 2.24) is 9.21 Å². The summed E-state index contributed by atoms with van der Waals surface area (Å²) >= 11 is 0. The number of ether oxygens (including phenoxy) is 3. The fourth-order valence-corrected chi connectivity index (χ4v) is 4.35. The van der Waals surface area contributed by atoms with E-state index in [4.69, 9.17) is 14.2 Å². The topological polar surface area (TPSA) is 85.4 Å². The van der Waals surface area contributed by atoms with Crippen molar-refractivity contribution >= 4 is 15.9 Å². The third-order valence-corrected chi connectivity index (χ3v) is 6.55. The van der Waals surface area contributed by atoms with E-state index in [1.165, 1.54) is 4.31 Å². The first-order valence-electron chi connectivity index (χ1n) is 9.41. The summed E-state index contributed by atoms with van der Waals surface area (Å²) in [6.07, 6.45) is 0.899. The predicted molar refractivity (Wildman–Crippen MR) is 105 cm³/mol. The SMILES string of the molecule is COCCN(CCOC)C(=O)CCc1ccc(S(=O)(=O)N2CCOCC2)cc1. The van der Waals surface area contributed by atoms with Crippen LogP contribution in [-0.2, 0) is 35.4 Å². The molecule has 0 atom stereocenters. The highest BCUT2D eigenvalue weighted by Gasteiger charge is 2.26. The van der Waals surface area contributed by atoms with Crippen LogP contribution in [-0.4, -0.2) is 90.4 Å². The number of methoxy groups -OCH3 is 2. The maximum atomic E-state index is 12.6. The molecule has 0 N–H and O–H groups in total. The monoisotopic (exact) mass is 414 g/mol. The van der Waals surface area contributed by atoms with Gasteiger partial charge in [-0.2, -0.15) is 4.31 Å². The van der Waals surface area contributed by atoms with E-state index < -0.39 is 10.0 Å². The van der Waals surface area contributed by atoms with Gasteiger partial charge in [-0.1, -0.05) is 12.1 Å². The van der Waals surface area contributed by atoms with Crippen LogP contribution in [0.15, 0.2) is 29.2 Å². The quantitative estimate of drug-likeness (QED) is 0.532. The average molecular weight is 415 g/mol. The van der Waals surface area contributed by atoms with Crippen molar-refractivity contribution in [3.63, 3.8) is 0 Å². The third kappa shape index (κ3) is 6.52. The first kappa shape index (κ1) is 22.8. The molecule has 0 radical (unpaired) electrons. The maximum Gasteiger partial charge on any atom is 0.243 e. The molecule has 1 aliphatic heterocycles. The Morgan fingerprint density at radius 1 is 1.07 bits per heavy atom. The Morgan fingerprint density at radius 3 is 2.18 bits per heavy atom. The lowest BCUT2D eigenvalue weighted by molar-refractivity contribution is -0.132. The molecule has 9 heteroatoms. The van der Waals surface area contributed by atoms with E-state index in [1.807, 2.05) is 0 Å². The van der Waals surface area contributed by atoms with Gasteiger partial charge in [-0.25, -0.2) is 8.42 Å². The molecule has 0 unspecified atom stereocenters. The summed E-state index contributed by atoms with van der Waals surface area (Å²) in [7, 11) is -0.288. The highest BCUT2D eigenvalue weighted by Crippen LogP contribution is 2.18. The number of carbonyl (C=O) groups excluding carboxylic acids is 1. The summed E-state index contributed by atoms with van der Waals surface area (Å²) in [5.74, 6) is 0.0270. The number of hydrogen-bond donors (Lipinski definition) is 0. The lowest BCUT2D eigenvalue weighted by Gasteiger charge is -2.26. The van der Waals surface area contributed by atoms with Crippen LogP contribution < -0.4 is 0 Å². The Morgan fingerprint density at radius 2 is 1.64 bits per heavy atom. The van der Waals surface area contributed by atoms with Crippen LogP contribution in [0.2, 0.25) is 0 Å². The predicted octanol–water partition coefficient (Wildman–Crippen LogP) is 0.762. The summed E-state index contributed by atoms with van der Waals surface area (Å²) in [4.78, 5) is 14.5. The second-order valence-corrected chi connectivity index (χ2v) is 8.46. The van der Waals surface area contributed by atoms with Crippen LogP contribution in [0.25, 0.3) is 0 Å². The molecule has 0 aliphatic carbocycles. The zero-order valence-electron chi connectivity index (χ0n) is 16.6. The van der Waals surface area contributed by atoms with Gasteiger partial charge in [0.05, 0.1) is 31.3 Å². The first-order chi connectivity index (χ1) is 13.5. The number of carbonyl (C=O) groups is 1. The largest absolute Gasteiger partial charge is 0.383 e. The van der Waals surface area contributed by atoms with Gasteiger partial charge in [-0.15, -0.1) is 0 Å². The fourth-order valence-electron chi connectivity index (χ4n) is 2.94. The number of morpholine rings is 1. The van der Waals surface area contributed by atoms with Crippen LogP contribution in [0, 0.1) is 0 Å². The van der Waals surface area contributed by atoms with Crippen molar-refractivity contribution < 1.29 is 27.4 Å². The van der Waals surface area contributed by atoms with E-state index in [1.54, 1.807) is 43.4 Å². The van der Waals surface area contributed by atoms with Crippen LogP contribution >= 0.6 is 0 Å². The van der Waals surface area contributed by atoms with E-state index in [-0.39, 0.29) is 10.8 Å². The molecule has 1 amide bonds. The summed E-state index contributed by atoms with van der Waals surface area (Å²) < 4.78 is 42.1. The van der Waals surface area contributed by atoms with Crippen LogP contribution in [0.4, 0.5) is 0 Å². The van der Waals surface area contributed by atoms with Gasteiger partial charge in [0.15, 0.2) is 0 Å². The molecule has 1 aromatic carbocycles. The Balaban J connectivity index is 1.93. The van der Waals surface area contributed by atoms with Crippen LogP contribution in [0.5, 0.6) is 0 Å². The standard InChI is InChI=1S/C19H30N2O6S/c1-25-13-9-20(10-14-26-2)19(22)8-5-17-3-6-18(7-4-17)28(23,24)21-11-15-27-16-12-21/h3-4,6-7H,5,8-16H2,1-2H3. The lowest BCUT2D eigenvalue weighted by atomic mass is 10.1. The molecule has 0 bridgehead atoms. The minimum atomic E-state index is -3.49. The molecular formula is C19H30N2O6S. The minimum absolute atomic E-state index is 0.0270. The van der Waals surface area contributed by atoms with E-state index in [2.05, 4.69) is 0 Å². The summed E-state index contributed by atoms with van der Waals surface area (Å²) in [5, 5.41) is 0. The van der Waals surface area contributed by atoms with Gasteiger partial charge in [0.2, 0.25) is 15.9 Å². The summed E-state index contributed by atoms with van der Waals surface area (Å²) in [5.41, 5.74) is 0.924. The van der Waals surface area contributed by atoms with Crippen molar-refractivity contribution in [1.29, 1.82) is 0 Å². The average Bonchev–Trinajstić information content (AvgIpc) is 2.73. The van der Waals surface area contributed by atoms with Gasteiger partial charge in [0, 0.05) is 46.8 Å². The maximum absolute atomic E-state index is 12.6. The van der Waals surface area contributed by atoms with Gasteiger partial charge in [0.1, 0.15) is 0 Å². The molecule has 2 rings (SSSR count). The number of sulfonamides is 1. The van der Waals surface area contributed by atoms with Crippen LogP contribution in [0.3, 0.4) is 0 Å². The molecule has 1 aliphatic rings. The van der Waals surface area contributed by atoms with Gasteiger partial charge in [-0.05, 0) is 24.1 Å². The van der Waals surface area contributed by atoms with E-state index in [0.29, 0.717) is 65.4 Å². The minimum Gasteiger partial charge on any atom is -0.383 e. The molecule has 28 heavy (non-hydrogen) atoms. The van der Waals surface area contributed by atoms with Crippen molar-refractivity contribution in [3.8, 4) is 0 Å². The smallest absolute Gasteiger partial charge is 0.243 e. The Hall–Kier alpha value is -1.52. The Bertz CT molecular complexity index is 694. The van der Waals surface area contributed by atoms with E-state index in [0.717, 1.165) is 5.56 Å². The molecule has 1 saturated heterocycles. The Labute approximate surface area is 167 Å². The summed E-state index contributed by atoms with van der Waals surface area (Å²) in [6.45, 7) is 3.58. The van der Waals surface area contributed by atoms with Crippen molar-refractivity contribution in [2.45, 2.75) is 17.7 Å². The second kappa shape index (κ2) is 11.5. The molecule has 1 aromatic rings. The fraction of sp³-hybridized carbons (Fsp3) is 0.632. The highest BCUT2D eigenvalue weighted by molar-refractivity contribution is 7.89. The number of nitrogens with zero attached hydrogens (tertiary/aromatic N) is 2. The molecule has 158 valence electrons. The number of aryl methyl sites for hydroxylation is 1. The van der Waals surface area contributed by atoms with Crippen molar-refractivity contribution in [2.24, 2.45) is 0 Å². The molecule has 0 spiro atoms. The van der Waals surface area contributed by atoms with Gasteiger partial charge in [-0.3, -0.25) is 4.79 Å². The summed E-state index contributed by atoms with van der Waals surface area (Å²) in [6, 6.07) is 6.76. The zero-order valence-corrected chi connectivity index (χ0v) is 17.4. The normalized spacial score (nSPS) is 15.5. The molecule has 8 nitrogen and oxygen atoms in total.